The van der Waals surface area contributed by atoms with Gasteiger partial charge in [-0.05, 0) is 35.9 Å². The molecule has 3 aromatic rings. The van der Waals surface area contributed by atoms with Crippen molar-refractivity contribution in [1.82, 2.24) is 9.88 Å². The number of ether oxygens (including phenoxy) is 2. The molecule has 0 unspecified atom stereocenters. The van der Waals surface area contributed by atoms with Crippen LogP contribution in [-0.2, 0) is 19.6 Å². The Labute approximate surface area is 183 Å². The first-order chi connectivity index (χ1) is 14.3. The predicted molar refractivity (Wildman–Crippen MR) is 121 cm³/mol. The van der Waals surface area contributed by atoms with Gasteiger partial charge in [0.1, 0.15) is 11.5 Å². The van der Waals surface area contributed by atoms with Crippen molar-refractivity contribution < 1.29 is 9.47 Å². The van der Waals surface area contributed by atoms with Crippen LogP contribution < -0.4 is 14.8 Å². The Morgan fingerprint density at radius 1 is 0.967 bits per heavy atom. The largest absolute Gasteiger partial charge is 0.496 e. The van der Waals surface area contributed by atoms with Crippen LogP contribution in [0, 0.1) is 0 Å². The summed E-state index contributed by atoms with van der Waals surface area (Å²) < 4.78 is 11.2. The van der Waals surface area contributed by atoms with Gasteiger partial charge in [-0.3, -0.25) is 4.98 Å². The smallest absolute Gasteiger partial charge is 0.199 e. The van der Waals surface area contributed by atoms with Crippen molar-refractivity contribution >= 4 is 24.1 Å². The van der Waals surface area contributed by atoms with E-state index >= 15 is 0 Å². The molecule has 0 spiro atoms. The maximum absolute atomic E-state index is 5.59. The molecule has 1 aliphatic heterocycles. The van der Waals surface area contributed by atoms with Crippen LogP contribution in [0.15, 0.2) is 71.9 Å². The highest BCUT2D eigenvalue weighted by Crippen LogP contribution is 2.32. The number of fused-ring (bicyclic) bond motifs is 1. The molecule has 0 amide bonds. The van der Waals surface area contributed by atoms with E-state index in [0.717, 1.165) is 40.9 Å². The van der Waals surface area contributed by atoms with Crippen LogP contribution in [0.4, 0.5) is 5.69 Å². The second-order valence-electron chi connectivity index (χ2n) is 6.74. The Bertz CT molecular complexity index is 989. The van der Waals surface area contributed by atoms with Crippen LogP contribution >= 0.6 is 12.4 Å². The number of nitrogens with one attached hydrogen (secondary N) is 1. The van der Waals surface area contributed by atoms with Gasteiger partial charge in [0, 0.05) is 18.4 Å². The second-order valence-corrected chi connectivity index (χ2v) is 6.74. The highest BCUT2D eigenvalue weighted by atomic mass is 35.5. The molecule has 156 valence electrons. The van der Waals surface area contributed by atoms with Crippen molar-refractivity contribution in [3.05, 3.63) is 83.7 Å². The molecule has 2 heterocycles. The standard InChI is InChI=1S/C23H24N4O2.ClH/c1-28-21-11-7-12-22(29-2)19(21)16-27-15-17-8-3-4-10-20(17)26-23(27)25-14-18-9-5-6-13-24-18;/h3-13H,14-16H2,1-2H3,(H,25,26);1H. The number of anilines is 1. The SMILES string of the molecule is COc1cccc(OC)c1CN1Cc2ccccc2NC1=NCc1ccccn1.Cl. The monoisotopic (exact) mass is 424 g/mol. The van der Waals surface area contributed by atoms with E-state index in [1.165, 1.54) is 5.56 Å². The van der Waals surface area contributed by atoms with Crippen LogP contribution in [-0.4, -0.2) is 30.1 Å². The third-order valence-corrected chi connectivity index (χ3v) is 4.92. The zero-order valence-electron chi connectivity index (χ0n) is 17.0. The molecular weight excluding hydrogens is 400 g/mol. The fourth-order valence-electron chi connectivity index (χ4n) is 3.45. The number of halogens is 1. The molecule has 6 nitrogen and oxygen atoms in total. The van der Waals surface area contributed by atoms with E-state index in [9.17, 15) is 0 Å². The molecule has 1 aliphatic rings. The van der Waals surface area contributed by atoms with E-state index in [2.05, 4.69) is 33.4 Å². The van der Waals surface area contributed by atoms with Crippen molar-refractivity contribution in [1.29, 1.82) is 0 Å². The second kappa shape index (κ2) is 9.98. The molecule has 7 heteroatoms. The van der Waals surface area contributed by atoms with Gasteiger partial charge in [0.05, 0.1) is 38.6 Å². The molecule has 4 rings (SSSR count). The molecule has 0 atom stereocenters. The van der Waals surface area contributed by atoms with Gasteiger partial charge < -0.3 is 19.7 Å². The minimum atomic E-state index is 0. The molecule has 0 saturated heterocycles. The normalized spacial score (nSPS) is 13.8. The lowest BCUT2D eigenvalue weighted by molar-refractivity contribution is 0.348. The van der Waals surface area contributed by atoms with Gasteiger partial charge in [-0.25, -0.2) is 4.99 Å². The van der Waals surface area contributed by atoms with E-state index < -0.39 is 0 Å². The van der Waals surface area contributed by atoms with Gasteiger partial charge in [0.25, 0.3) is 0 Å². The number of guanidine groups is 1. The third-order valence-electron chi connectivity index (χ3n) is 4.92. The van der Waals surface area contributed by atoms with Gasteiger partial charge in [-0.1, -0.05) is 30.3 Å². The summed E-state index contributed by atoms with van der Waals surface area (Å²) in [5, 5.41) is 3.48. The maximum atomic E-state index is 5.59. The highest BCUT2D eigenvalue weighted by molar-refractivity contribution is 5.96. The Morgan fingerprint density at radius 3 is 2.40 bits per heavy atom. The summed E-state index contributed by atoms with van der Waals surface area (Å²) in [6, 6.07) is 20.0. The van der Waals surface area contributed by atoms with Crippen molar-refractivity contribution in [2.75, 3.05) is 19.5 Å². The number of aliphatic imine (C=N–C) groups is 1. The van der Waals surface area contributed by atoms with Crippen LogP contribution in [0.2, 0.25) is 0 Å². The fraction of sp³-hybridized carbons (Fsp3) is 0.217. The van der Waals surface area contributed by atoms with Gasteiger partial charge in [-0.2, -0.15) is 0 Å². The van der Waals surface area contributed by atoms with Crippen LogP contribution in [0.3, 0.4) is 0 Å². The molecule has 0 aliphatic carbocycles. The summed E-state index contributed by atoms with van der Waals surface area (Å²) in [4.78, 5) is 11.4. The predicted octanol–water partition coefficient (Wildman–Crippen LogP) is 4.50. The van der Waals surface area contributed by atoms with Gasteiger partial charge in [-0.15, -0.1) is 12.4 Å². The lowest BCUT2D eigenvalue weighted by Crippen LogP contribution is -2.39. The molecule has 0 radical (unpaired) electrons. The summed E-state index contributed by atoms with van der Waals surface area (Å²) in [6.07, 6.45) is 1.79. The third kappa shape index (κ3) is 4.66. The van der Waals surface area contributed by atoms with E-state index in [1.807, 2.05) is 42.5 Å². The van der Waals surface area contributed by atoms with E-state index in [-0.39, 0.29) is 12.4 Å². The number of rotatable bonds is 6. The van der Waals surface area contributed by atoms with Crippen molar-refractivity contribution in [2.45, 2.75) is 19.6 Å². The van der Waals surface area contributed by atoms with Gasteiger partial charge >= 0.3 is 0 Å². The maximum Gasteiger partial charge on any atom is 0.199 e. The number of hydrogen-bond acceptors (Lipinski definition) is 4. The first kappa shape index (κ1) is 21.5. The van der Waals surface area contributed by atoms with Gasteiger partial charge in [0.2, 0.25) is 0 Å². The van der Waals surface area contributed by atoms with Crippen molar-refractivity contribution in [2.24, 2.45) is 4.99 Å². The number of hydrogen-bond donors (Lipinski definition) is 1. The minimum Gasteiger partial charge on any atom is -0.496 e. The Kier molecular flexibility index (Phi) is 7.14. The lowest BCUT2D eigenvalue weighted by Gasteiger charge is -2.33. The van der Waals surface area contributed by atoms with Crippen molar-refractivity contribution in [3.8, 4) is 11.5 Å². The number of methoxy groups -OCH3 is 2. The Hall–Kier alpha value is -3.25. The van der Waals surface area contributed by atoms with E-state index in [1.54, 1.807) is 20.4 Å². The van der Waals surface area contributed by atoms with E-state index in [0.29, 0.717) is 13.1 Å². The van der Waals surface area contributed by atoms with Crippen LogP contribution in [0.5, 0.6) is 11.5 Å². The highest BCUT2D eigenvalue weighted by Gasteiger charge is 2.23. The number of benzene rings is 2. The molecule has 0 fully saturated rings. The summed E-state index contributed by atoms with van der Waals surface area (Å²) in [5.41, 5.74) is 4.22. The Balaban J connectivity index is 0.00000256. The molecule has 30 heavy (non-hydrogen) atoms. The summed E-state index contributed by atoms with van der Waals surface area (Å²) >= 11 is 0. The number of aromatic nitrogens is 1. The molecule has 1 N–H and O–H groups in total. The fourth-order valence-corrected chi connectivity index (χ4v) is 3.45. The number of para-hydroxylation sites is 1. The first-order valence-electron chi connectivity index (χ1n) is 9.52. The quantitative estimate of drug-likeness (QED) is 0.631. The molecule has 1 aromatic heterocycles. The van der Waals surface area contributed by atoms with Crippen molar-refractivity contribution in [3.63, 3.8) is 0 Å². The van der Waals surface area contributed by atoms with Crippen LogP contribution in [0.25, 0.3) is 0 Å². The Morgan fingerprint density at radius 2 is 1.70 bits per heavy atom. The molecule has 0 bridgehead atoms. The summed E-state index contributed by atoms with van der Waals surface area (Å²) in [5.74, 6) is 2.40. The van der Waals surface area contributed by atoms with Gasteiger partial charge in [0.15, 0.2) is 5.96 Å². The first-order valence-corrected chi connectivity index (χ1v) is 9.52. The van der Waals surface area contributed by atoms with E-state index in [4.69, 9.17) is 14.5 Å². The van der Waals surface area contributed by atoms with Crippen LogP contribution in [0.1, 0.15) is 16.8 Å². The average molecular weight is 425 g/mol. The topological polar surface area (TPSA) is 59.0 Å². The number of nitrogens with zero attached hydrogens (tertiary/aromatic N) is 3. The zero-order valence-corrected chi connectivity index (χ0v) is 17.9. The lowest BCUT2D eigenvalue weighted by atomic mass is 10.1. The molecular formula is C23H25ClN4O2. The molecule has 0 saturated carbocycles. The minimum absolute atomic E-state index is 0. The number of pyridine rings is 1. The average Bonchev–Trinajstić information content (AvgIpc) is 2.78. The summed E-state index contributed by atoms with van der Waals surface area (Å²) in [6.45, 7) is 1.85. The molecule has 2 aromatic carbocycles. The zero-order chi connectivity index (χ0) is 20.1. The summed E-state index contributed by atoms with van der Waals surface area (Å²) in [7, 11) is 3.36.